The standard InChI is InChI=1S/C23H32O2/c1-4-14-25-22-11-10-21-20-8-6-16-15-17(24-3)7-9-18(16)19(20)12-13-23(21,22)5-2/h4,7,9,15,19-22H,1,5-6,8,10-14H2,2-3H3/t19-,20-,21+,22+,23?/m1/s1. The van der Waals surface area contributed by atoms with E-state index in [2.05, 4.69) is 31.7 Å². The van der Waals surface area contributed by atoms with Gasteiger partial charge in [0.25, 0.3) is 0 Å². The average Bonchev–Trinajstić information content (AvgIpc) is 3.04. The first kappa shape index (κ1) is 17.1. The highest BCUT2D eigenvalue weighted by Gasteiger charge is 2.56. The predicted molar refractivity (Wildman–Crippen MR) is 102 cm³/mol. The van der Waals surface area contributed by atoms with Crippen LogP contribution in [0.1, 0.15) is 62.5 Å². The third kappa shape index (κ3) is 2.65. The van der Waals surface area contributed by atoms with Gasteiger partial charge in [-0.25, -0.2) is 0 Å². The van der Waals surface area contributed by atoms with Gasteiger partial charge < -0.3 is 9.47 Å². The molecule has 0 amide bonds. The van der Waals surface area contributed by atoms with Crippen LogP contribution < -0.4 is 4.74 Å². The quantitative estimate of drug-likeness (QED) is 0.658. The van der Waals surface area contributed by atoms with Gasteiger partial charge in [0.15, 0.2) is 0 Å². The fourth-order valence-electron chi connectivity index (χ4n) is 6.55. The third-order valence-corrected chi connectivity index (χ3v) is 7.64. The van der Waals surface area contributed by atoms with Gasteiger partial charge in [-0.1, -0.05) is 19.1 Å². The second kappa shape index (κ2) is 6.79. The SMILES string of the molecule is C=CCO[C@H]1CC[C@H]2[C@@H]3CCc4cc(OC)ccc4[C@H]3CCC12CC. The van der Waals surface area contributed by atoms with E-state index in [-0.39, 0.29) is 0 Å². The summed E-state index contributed by atoms with van der Waals surface area (Å²) in [6, 6.07) is 6.79. The van der Waals surface area contributed by atoms with Crippen molar-refractivity contribution in [2.45, 2.75) is 63.9 Å². The second-order valence-corrected chi connectivity index (χ2v) is 8.29. The number of fused-ring (bicyclic) bond motifs is 5. The molecule has 0 heterocycles. The smallest absolute Gasteiger partial charge is 0.119 e. The average molecular weight is 341 g/mol. The van der Waals surface area contributed by atoms with Crippen molar-refractivity contribution in [2.75, 3.05) is 13.7 Å². The number of aryl methyl sites for hydroxylation is 1. The van der Waals surface area contributed by atoms with Crippen LogP contribution in [0, 0.1) is 17.3 Å². The van der Waals surface area contributed by atoms with Crippen molar-refractivity contribution in [3.63, 3.8) is 0 Å². The van der Waals surface area contributed by atoms with Crippen molar-refractivity contribution in [3.05, 3.63) is 42.0 Å². The molecule has 1 aromatic carbocycles. The van der Waals surface area contributed by atoms with Crippen molar-refractivity contribution in [3.8, 4) is 5.75 Å². The molecule has 1 unspecified atom stereocenters. The van der Waals surface area contributed by atoms with Crippen LogP contribution in [-0.2, 0) is 11.2 Å². The van der Waals surface area contributed by atoms with Gasteiger partial charge in [-0.05, 0) is 91.4 Å². The zero-order valence-electron chi connectivity index (χ0n) is 15.8. The maximum atomic E-state index is 6.26. The molecule has 1 aromatic rings. The molecule has 0 N–H and O–H groups in total. The molecule has 3 aliphatic rings. The fourth-order valence-corrected chi connectivity index (χ4v) is 6.55. The van der Waals surface area contributed by atoms with Crippen LogP contribution in [0.25, 0.3) is 0 Å². The van der Waals surface area contributed by atoms with E-state index >= 15 is 0 Å². The summed E-state index contributed by atoms with van der Waals surface area (Å²) in [5.41, 5.74) is 3.55. The molecule has 0 radical (unpaired) electrons. The first-order chi connectivity index (χ1) is 12.2. The topological polar surface area (TPSA) is 18.5 Å². The van der Waals surface area contributed by atoms with Gasteiger partial charge in [-0.15, -0.1) is 6.58 Å². The molecule has 2 saturated carbocycles. The van der Waals surface area contributed by atoms with Crippen LogP contribution in [0.5, 0.6) is 5.75 Å². The Morgan fingerprint density at radius 3 is 2.88 bits per heavy atom. The van der Waals surface area contributed by atoms with E-state index in [1.165, 1.54) is 50.5 Å². The molecular weight excluding hydrogens is 308 g/mol. The molecule has 5 atom stereocenters. The van der Waals surface area contributed by atoms with Crippen molar-refractivity contribution >= 4 is 0 Å². The number of ether oxygens (including phenoxy) is 2. The highest BCUT2D eigenvalue weighted by atomic mass is 16.5. The van der Waals surface area contributed by atoms with Crippen molar-refractivity contribution in [1.29, 1.82) is 0 Å². The van der Waals surface area contributed by atoms with Crippen molar-refractivity contribution in [1.82, 2.24) is 0 Å². The maximum absolute atomic E-state index is 6.26. The van der Waals surface area contributed by atoms with Gasteiger partial charge in [-0.3, -0.25) is 0 Å². The first-order valence-electron chi connectivity index (χ1n) is 10.1. The third-order valence-electron chi connectivity index (χ3n) is 7.64. The molecule has 0 aliphatic heterocycles. The predicted octanol–water partition coefficient (Wildman–Crippen LogP) is 5.51. The lowest BCUT2D eigenvalue weighted by atomic mass is 9.54. The molecule has 0 saturated heterocycles. The Labute approximate surface area is 152 Å². The molecule has 2 nitrogen and oxygen atoms in total. The van der Waals surface area contributed by atoms with Crippen molar-refractivity contribution in [2.24, 2.45) is 17.3 Å². The van der Waals surface area contributed by atoms with E-state index in [0.717, 1.165) is 23.5 Å². The fraction of sp³-hybridized carbons (Fsp3) is 0.652. The zero-order valence-corrected chi connectivity index (χ0v) is 15.8. The van der Waals surface area contributed by atoms with Gasteiger partial charge in [0.05, 0.1) is 19.8 Å². The largest absolute Gasteiger partial charge is 0.497 e. The van der Waals surface area contributed by atoms with Crippen LogP contribution in [-0.4, -0.2) is 19.8 Å². The molecule has 0 bridgehead atoms. The van der Waals surface area contributed by atoms with Crippen LogP contribution >= 0.6 is 0 Å². The molecular formula is C23H32O2. The molecule has 0 spiro atoms. The monoisotopic (exact) mass is 340 g/mol. The summed E-state index contributed by atoms with van der Waals surface area (Å²) in [6.45, 7) is 6.94. The van der Waals surface area contributed by atoms with E-state index in [0.29, 0.717) is 18.1 Å². The summed E-state index contributed by atoms with van der Waals surface area (Å²) in [4.78, 5) is 0. The molecule has 136 valence electrons. The Bertz CT molecular complexity index is 637. The van der Waals surface area contributed by atoms with Crippen LogP contribution in [0.4, 0.5) is 0 Å². The summed E-state index contributed by atoms with van der Waals surface area (Å²) < 4.78 is 11.7. The maximum Gasteiger partial charge on any atom is 0.119 e. The molecule has 2 heteroatoms. The van der Waals surface area contributed by atoms with E-state index in [1.807, 2.05) is 6.08 Å². The van der Waals surface area contributed by atoms with Crippen LogP contribution in [0.15, 0.2) is 30.9 Å². The summed E-state index contributed by atoms with van der Waals surface area (Å²) in [6.07, 6.45) is 11.4. The summed E-state index contributed by atoms with van der Waals surface area (Å²) >= 11 is 0. The van der Waals surface area contributed by atoms with E-state index in [9.17, 15) is 0 Å². The molecule has 2 fully saturated rings. The van der Waals surface area contributed by atoms with Gasteiger partial charge in [0.2, 0.25) is 0 Å². The minimum atomic E-state index is 0.411. The number of methoxy groups -OCH3 is 1. The van der Waals surface area contributed by atoms with E-state index in [1.54, 1.807) is 12.7 Å². The lowest BCUT2D eigenvalue weighted by Gasteiger charge is -2.52. The van der Waals surface area contributed by atoms with Crippen LogP contribution in [0.3, 0.4) is 0 Å². The molecule has 0 aromatic heterocycles. The first-order valence-corrected chi connectivity index (χ1v) is 10.1. The summed E-state index contributed by atoms with van der Waals surface area (Å²) in [5, 5.41) is 0. The van der Waals surface area contributed by atoms with E-state index < -0.39 is 0 Å². The van der Waals surface area contributed by atoms with Gasteiger partial charge in [0.1, 0.15) is 5.75 Å². The highest BCUT2D eigenvalue weighted by Crippen LogP contribution is 2.63. The second-order valence-electron chi connectivity index (χ2n) is 8.29. The number of benzene rings is 1. The number of rotatable bonds is 5. The molecule has 3 aliphatic carbocycles. The number of hydrogen-bond donors (Lipinski definition) is 0. The Morgan fingerprint density at radius 2 is 2.12 bits per heavy atom. The summed E-state index contributed by atoms with van der Waals surface area (Å²) in [7, 11) is 1.77. The zero-order chi connectivity index (χ0) is 17.4. The lowest BCUT2D eigenvalue weighted by molar-refractivity contribution is -0.0693. The molecule has 25 heavy (non-hydrogen) atoms. The normalized spacial score (nSPS) is 36.2. The van der Waals surface area contributed by atoms with Crippen molar-refractivity contribution < 1.29 is 9.47 Å². The highest BCUT2D eigenvalue weighted by molar-refractivity contribution is 5.40. The Morgan fingerprint density at radius 1 is 1.24 bits per heavy atom. The van der Waals surface area contributed by atoms with Crippen LogP contribution in [0.2, 0.25) is 0 Å². The Kier molecular flexibility index (Phi) is 4.66. The van der Waals surface area contributed by atoms with Gasteiger partial charge >= 0.3 is 0 Å². The number of hydrogen-bond acceptors (Lipinski definition) is 2. The summed E-state index contributed by atoms with van der Waals surface area (Å²) in [5.74, 6) is 3.43. The minimum Gasteiger partial charge on any atom is -0.497 e. The Balaban J connectivity index is 1.62. The van der Waals surface area contributed by atoms with Gasteiger partial charge in [0, 0.05) is 0 Å². The van der Waals surface area contributed by atoms with E-state index in [4.69, 9.17) is 9.47 Å². The Hall–Kier alpha value is -1.28. The van der Waals surface area contributed by atoms with Gasteiger partial charge in [-0.2, -0.15) is 0 Å². The molecule has 4 rings (SSSR count). The lowest BCUT2D eigenvalue weighted by Crippen LogP contribution is -2.46. The minimum absolute atomic E-state index is 0.411.